The van der Waals surface area contributed by atoms with Crippen molar-refractivity contribution in [2.75, 3.05) is 16.8 Å². The van der Waals surface area contributed by atoms with Crippen LogP contribution in [0.25, 0.3) is 0 Å². The van der Waals surface area contributed by atoms with Gasteiger partial charge in [-0.15, -0.1) is 0 Å². The minimum atomic E-state index is -0.332. The van der Waals surface area contributed by atoms with Crippen molar-refractivity contribution >= 4 is 23.2 Å². The van der Waals surface area contributed by atoms with Crippen LogP contribution < -0.4 is 15.5 Å². The lowest BCUT2D eigenvalue weighted by molar-refractivity contribution is -0.120. The van der Waals surface area contributed by atoms with E-state index < -0.39 is 0 Å². The van der Waals surface area contributed by atoms with E-state index >= 15 is 0 Å². The smallest absolute Gasteiger partial charge is 0.251 e. The molecule has 1 atom stereocenters. The highest BCUT2D eigenvalue weighted by Gasteiger charge is 2.30. The molecule has 2 aliphatic rings. The number of amides is 2. The average Bonchev–Trinajstić information content (AvgIpc) is 3.04. The van der Waals surface area contributed by atoms with Gasteiger partial charge in [-0.25, -0.2) is 0 Å². The van der Waals surface area contributed by atoms with Gasteiger partial charge in [0.05, 0.1) is 11.6 Å². The molecule has 0 aromatic heterocycles. The lowest BCUT2D eigenvalue weighted by atomic mass is 10.0. The summed E-state index contributed by atoms with van der Waals surface area (Å²) in [6.45, 7) is 1.22. The Morgan fingerprint density at radius 2 is 1.96 bits per heavy atom. The fraction of sp³-hybridized carbons (Fsp3) is 0.250. The number of fused-ring (bicyclic) bond motifs is 1. The van der Waals surface area contributed by atoms with Crippen LogP contribution in [-0.4, -0.2) is 24.4 Å². The second-order valence-electron chi connectivity index (χ2n) is 6.54. The summed E-state index contributed by atoms with van der Waals surface area (Å²) in [6, 6.07) is 14.4. The molecule has 0 saturated carbocycles. The largest absolute Gasteiger partial charge is 0.374 e. The summed E-state index contributed by atoms with van der Waals surface area (Å²) in [5.41, 5.74) is 3.80. The van der Waals surface area contributed by atoms with Gasteiger partial charge in [0, 0.05) is 30.0 Å². The number of anilines is 2. The van der Waals surface area contributed by atoms with E-state index in [2.05, 4.69) is 16.7 Å². The van der Waals surface area contributed by atoms with Crippen molar-refractivity contribution in [2.24, 2.45) is 0 Å². The third-order valence-corrected chi connectivity index (χ3v) is 4.88. The van der Waals surface area contributed by atoms with E-state index in [4.69, 9.17) is 5.26 Å². The molecule has 2 amide bonds. The van der Waals surface area contributed by atoms with E-state index in [1.165, 1.54) is 0 Å². The third-order valence-electron chi connectivity index (χ3n) is 4.88. The molecular formula is C20H18N4O2. The molecule has 2 aliphatic heterocycles. The molecule has 2 heterocycles. The molecule has 2 aromatic rings. The molecule has 0 unspecified atom stereocenters. The first-order chi connectivity index (χ1) is 12.7. The SMILES string of the molecule is N#Cc1ccc(N2CCC[C@H](Nc3ccc4c(c3)C(=O)NC4)C2=O)cc1. The molecular weight excluding hydrogens is 328 g/mol. The lowest BCUT2D eigenvalue weighted by Crippen LogP contribution is -2.47. The number of carbonyl (C=O) groups excluding carboxylic acids is 2. The Hall–Kier alpha value is -3.33. The van der Waals surface area contributed by atoms with E-state index in [1.54, 1.807) is 29.2 Å². The monoisotopic (exact) mass is 346 g/mol. The molecule has 0 spiro atoms. The van der Waals surface area contributed by atoms with Crippen LogP contribution in [0.3, 0.4) is 0 Å². The summed E-state index contributed by atoms with van der Waals surface area (Å²) in [4.78, 5) is 26.5. The highest BCUT2D eigenvalue weighted by Crippen LogP contribution is 2.25. The van der Waals surface area contributed by atoms with E-state index in [9.17, 15) is 9.59 Å². The van der Waals surface area contributed by atoms with Crippen molar-refractivity contribution in [3.05, 3.63) is 59.2 Å². The highest BCUT2D eigenvalue weighted by molar-refractivity contribution is 6.01. The van der Waals surface area contributed by atoms with Gasteiger partial charge >= 0.3 is 0 Å². The number of piperidine rings is 1. The molecule has 2 aromatic carbocycles. The maximum atomic E-state index is 12.9. The number of hydrogen-bond acceptors (Lipinski definition) is 4. The van der Waals surface area contributed by atoms with Crippen molar-refractivity contribution in [3.8, 4) is 6.07 Å². The number of carbonyl (C=O) groups is 2. The van der Waals surface area contributed by atoms with Crippen LogP contribution in [0.1, 0.15) is 34.3 Å². The van der Waals surface area contributed by atoms with Gasteiger partial charge in [-0.05, 0) is 54.8 Å². The van der Waals surface area contributed by atoms with Crippen molar-refractivity contribution in [3.63, 3.8) is 0 Å². The third kappa shape index (κ3) is 2.88. The van der Waals surface area contributed by atoms with Gasteiger partial charge in [-0.1, -0.05) is 6.07 Å². The Morgan fingerprint density at radius 3 is 2.73 bits per heavy atom. The van der Waals surface area contributed by atoms with Crippen LogP contribution in [0.4, 0.5) is 11.4 Å². The Morgan fingerprint density at radius 1 is 1.15 bits per heavy atom. The summed E-state index contributed by atoms with van der Waals surface area (Å²) in [6.07, 6.45) is 1.63. The minimum absolute atomic E-state index is 0.00547. The summed E-state index contributed by atoms with van der Waals surface area (Å²) in [5.74, 6) is -0.0660. The standard InChI is InChI=1S/C20H18N4O2/c21-11-13-3-7-16(8-4-13)24-9-1-2-18(20(24)26)23-15-6-5-14-12-22-19(25)17(14)10-15/h3-8,10,18,23H,1-2,9,12H2,(H,22,25)/t18-/m0/s1. The maximum absolute atomic E-state index is 12.9. The first-order valence-corrected chi connectivity index (χ1v) is 8.65. The van der Waals surface area contributed by atoms with Gasteiger partial charge in [0.2, 0.25) is 5.91 Å². The Labute approximate surface area is 151 Å². The molecule has 4 rings (SSSR count). The van der Waals surface area contributed by atoms with E-state index in [0.717, 1.165) is 29.8 Å². The number of nitrogens with one attached hydrogen (secondary N) is 2. The van der Waals surface area contributed by atoms with Gasteiger partial charge in [0.25, 0.3) is 5.91 Å². The average molecular weight is 346 g/mol. The zero-order valence-corrected chi connectivity index (χ0v) is 14.2. The molecule has 1 saturated heterocycles. The molecule has 26 heavy (non-hydrogen) atoms. The van der Waals surface area contributed by atoms with Gasteiger partial charge in [-0.2, -0.15) is 5.26 Å². The second kappa shape index (κ2) is 6.52. The van der Waals surface area contributed by atoms with E-state index in [1.807, 2.05) is 18.2 Å². The summed E-state index contributed by atoms with van der Waals surface area (Å²) >= 11 is 0. The Kier molecular flexibility index (Phi) is 4.05. The van der Waals surface area contributed by atoms with Crippen LogP contribution in [0, 0.1) is 11.3 Å². The zero-order chi connectivity index (χ0) is 18.1. The maximum Gasteiger partial charge on any atom is 0.251 e. The van der Waals surface area contributed by atoms with Gasteiger partial charge in [0.1, 0.15) is 6.04 Å². The molecule has 130 valence electrons. The van der Waals surface area contributed by atoms with Crippen molar-refractivity contribution < 1.29 is 9.59 Å². The number of nitriles is 1. The first kappa shape index (κ1) is 16.2. The van der Waals surface area contributed by atoms with Gasteiger partial charge in [-0.3, -0.25) is 9.59 Å². The predicted molar refractivity (Wildman–Crippen MR) is 97.8 cm³/mol. The topological polar surface area (TPSA) is 85.2 Å². The lowest BCUT2D eigenvalue weighted by Gasteiger charge is -2.33. The summed E-state index contributed by atoms with van der Waals surface area (Å²) in [5, 5.41) is 15.0. The first-order valence-electron chi connectivity index (χ1n) is 8.65. The number of rotatable bonds is 3. The normalized spacial score (nSPS) is 18.9. The van der Waals surface area contributed by atoms with Crippen LogP contribution >= 0.6 is 0 Å². The number of hydrogen-bond donors (Lipinski definition) is 2. The molecule has 2 N–H and O–H groups in total. The van der Waals surface area contributed by atoms with E-state index in [0.29, 0.717) is 24.2 Å². The molecule has 0 bridgehead atoms. The van der Waals surface area contributed by atoms with Crippen LogP contribution in [0.2, 0.25) is 0 Å². The molecule has 0 radical (unpaired) electrons. The minimum Gasteiger partial charge on any atom is -0.374 e. The fourth-order valence-electron chi connectivity index (χ4n) is 3.49. The van der Waals surface area contributed by atoms with Gasteiger partial charge in [0.15, 0.2) is 0 Å². The fourth-order valence-corrected chi connectivity index (χ4v) is 3.49. The number of benzene rings is 2. The summed E-state index contributed by atoms with van der Waals surface area (Å²) in [7, 11) is 0. The van der Waals surface area contributed by atoms with Crippen molar-refractivity contribution in [2.45, 2.75) is 25.4 Å². The predicted octanol–water partition coefficient (Wildman–Crippen LogP) is 2.41. The van der Waals surface area contributed by atoms with Crippen LogP contribution in [0.15, 0.2) is 42.5 Å². The summed E-state index contributed by atoms with van der Waals surface area (Å²) < 4.78 is 0. The molecule has 1 fully saturated rings. The van der Waals surface area contributed by atoms with Crippen LogP contribution in [-0.2, 0) is 11.3 Å². The molecule has 0 aliphatic carbocycles. The molecule has 6 nitrogen and oxygen atoms in total. The Balaban J connectivity index is 1.52. The Bertz CT molecular complexity index is 914. The zero-order valence-electron chi connectivity index (χ0n) is 14.2. The highest BCUT2D eigenvalue weighted by atomic mass is 16.2. The molecule has 6 heteroatoms. The second-order valence-corrected chi connectivity index (χ2v) is 6.54. The van der Waals surface area contributed by atoms with Crippen molar-refractivity contribution in [1.82, 2.24) is 5.32 Å². The van der Waals surface area contributed by atoms with Gasteiger partial charge < -0.3 is 15.5 Å². The quantitative estimate of drug-likeness (QED) is 0.894. The van der Waals surface area contributed by atoms with E-state index in [-0.39, 0.29) is 17.9 Å². The van der Waals surface area contributed by atoms with Crippen LogP contribution in [0.5, 0.6) is 0 Å². The van der Waals surface area contributed by atoms with Crippen molar-refractivity contribution in [1.29, 1.82) is 5.26 Å². The number of nitrogens with zero attached hydrogens (tertiary/aromatic N) is 2.